The molecule has 0 atom stereocenters. The van der Waals surface area contributed by atoms with Crippen molar-refractivity contribution in [1.29, 1.82) is 0 Å². The maximum Gasteiger partial charge on any atom is 0.209 e. The van der Waals surface area contributed by atoms with Crippen molar-refractivity contribution in [2.75, 3.05) is 18.8 Å². The maximum atomic E-state index is 5.79. The molecule has 0 bridgehead atoms. The van der Waals surface area contributed by atoms with Gasteiger partial charge in [-0.05, 0) is 49.9 Å². The van der Waals surface area contributed by atoms with E-state index in [1.54, 1.807) is 0 Å². The van der Waals surface area contributed by atoms with Crippen molar-refractivity contribution in [3.05, 3.63) is 24.1 Å². The first-order valence-electron chi connectivity index (χ1n) is 7.12. The highest BCUT2D eigenvalue weighted by atomic mass is 16.3. The third kappa shape index (κ3) is 3.07. The van der Waals surface area contributed by atoms with Gasteiger partial charge in [0.05, 0.1) is 6.54 Å². The average Bonchev–Trinajstić information content (AvgIpc) is 3.08. The molecule has 3 rings (SSSR count). The van der Waals surface area contributed by atoms with Crippen LogP contribution in [-0.2, 0) is 6.54 Å². The minimum atomic E-state index is 0.732. The fraction of sp³-hybridized carbons (Fsp3) is 0.533. The lowest BCUT2D eigenvalue weighted by Crippen LogP contribution is -2.26. The van der Waals surface area contributed by atoms with Crippen LogP contribution in [0.1, 0.15) is 32.1 Å². The summed E-state index contributed by atoms with van der Waals surface area (Å²) in [5.41, 5.74) is 8.18. The summed E-state index contributed by atoms with van der Waals surface area (Å²) in [6.07, 6.45) is 3.93. The Bertz CT molecular complexity index is 560. The van der Waals surface area contributed by atoms with E-state index in [0.717, 1.165) is 41.7 Å². The lowest BCUT2D eigenvalue weighted by molar-refractivity contribution is 0.232. The summed E-state index contributed by atoms with van der Waals surface area (Å²) in [4.78, 5) is 6.99. The van der Waals surface area contributed by atoms with Crippen LogP contribution < -0.4 is 5.73 Å². The van der Waals surface area contributed by atoms with Crippen molar-refractivity contribution >= 4 is 16.8 Å². The summed E-state index contributed by atoms with van der Waals surface area (Å²) in [6.45, 7) is 5.30. The molecule has 4 heteroatoms. The first-order chi connectivity index (χ1) is 9.24. The molecular formula is C15H21N3O. The van der Waals surface area contributed by atoms with Gasteiger partial charge in [0.25, 0.3) is 0 Å². The fourth-order valence-electron chi connectivity index (χ4n) is 2.47. The number of aromatic nitrogens is 1. The molecule has 1 aliphatic carbocycles. The van der Waals surface area contributed by atoms with Crippen molar-refractivity contribution in [2.45, 2.75) is 32.7 Å². The van der Waals surface area contributed by atoms with Crippen LogP contribution >= 0.6 is 0 Å². The van der Waals surface area contributed by atoms with Gasteiger partial charge in [-0.15, -0.1) is 0 Å². The minimum absolute atomic E-state index is 0.732. The third-order valence-electron chi connectivity index (χ3n) is 3.57. The first-order valence-corrected chi connectivity index (χ1v) is 7.12. The zero-order valence-corrected chi connectivity index (χ0v) is 11.4. The highest BCUT2D eigenvalue weighted by molar-refractivity contribution is 5.76. The van der Waals surface area contributed by atoms with E-state index in [4.69, 9.17) is 10.2 Å². The van der Waals surface area contributed by atoms with Gasteiger partial charge in [0.1, 0.15) is 5.52 Å². The van der Waals surface area contributed by atoms with Gasteiger partial charge in [-0.25, -0.2) is 4.98 Å². The first kappa shape index (κ1) is 12.5. The van der Waals surface area contributed by atoms with Gasteiger partial charge in [0.15, 0.2) is 5.58 Å². The molecule has 1 fully saturated rings. The zero-order chi connectivity index (χ0) is 13.2. The van der Waals surface area contributed by atoms with Crippen LogP contribution in [0.2, 0.25) is 0 Å². The molecule has 2 N–H and O–H groups in total. The predicted octanol–water partition coefficient (Wildman–Crippen LogP) is 3.03. The Morgan fingerprint density at radius 2 is 2.26 bits per heavy atom. The van der Waals surface area contributed by atoms with Crippen LogP contribution in [0.4, 0.5) is 5.69 Å². The van der Waals surface area contributed by atoms with E-state index >= 15 is 0 Å². The molecule has 0 spiro atoms. The number of anilines is 1. The Hall–Kier alpha value is -1.55. The summed E-state index contributed by atoms with van der Waals surface area (Å²) in [5.74, 6) is 1.70. The molecule has 2 aromatic rings. The number of benzene rings is 1. The molecule has 102 valence electrons. The van der Waals surface area contributed by atoms with E-state index in [2.05, 4.69) is 16.8 Å². The highest BCUT2D eigenvalue weighted by Crippen LogP contribution is 2.30. The average molecular weight is 259 g/mol. The van der Waals surface area contributed by atoms with Crippen molar-refractivity contribution in [3.8, 4) is 0 Å². The Morgan fingerprint density at radius 1 is 1.42 bits per heavy atom. The zero-order valence-electron chi connectivity index (χ0n) is 11.4. The number of hydrogen-bond donors (Lipinski definition) is 1. The van der Waals surface area contributed by atoms with Crippen LogP contribution in [-0.4, -0.2) is 23.0 Å². The number of fused-ring (bicyclic) bond motifs is 1. The van der Waals surface area contributed by atoms with Gasteiger partial charge < -0.3 is 10.2 Å². The second-order valence-electron chi connectivity index (χ2n) is 5.51. The molecule has 0 saturated heterocycles. The summed E-state index contributed by atoms with van der Waals surface area (Å²) >= 11 is 0. The van der Waals surface area contributed by atoms with Gasteiger partial charge in [0, 0.05) is 12.2 Å². The lowest BCUT2D eigenvalue weighted by Gasteiger charge is -2.19. The van der Waals surface area contributed by atoms with Crippen molar-refractivity contribution in [2.24, 2.45) is 5.92 Å². The molecule has 1 aromatic heterocycles. The number of nitrogens with zero attached hydrogens (tertiary/aromatic N) is 2. The smallest absolute Gasteiger partial charge is 0.209 e. The third-order valence-corrected chi connectivity index (χ3v) is 3.57. The normalized spacial score (nSPS) is 15.5. The summed E-state index contributed by atoms with van der Waals surface area (Å²) < 4.78 is 5.79. The number of oxazole rings is 1. The van der Waals surface area contributed by atoms with Crippen LogP contribution in [0.3, 0.4) is 0 Å². The molecule has 1 saturated carbocycles. The van der Waals surface area contributed by atoms with Crippen molar-refractivity contribution < 1.29 is 4.42 Å². The van der Waals surface area contributed by atoms with Crippen molar-refractivity contribution in [3.63, 3.8) is 0 Å². The lowest BCUT2D eigenvalue weighted by atomic mass is 10.3. The monoisotopic (exact) mass is 259 g/mol. The summed E-state index contributed by atoms with van der Waals surface area (Å²) in [7, 11) is 0. The number of nitrogens with two attached hydrogens (primary N) is 1. The van der Waals surface area contributed by atoms with Gasteiger partial charge in [-0.3, -0.25) is 4.90 Å². The Morgan fingerprint density at radius 3 is 3.00 bits per heavy atom. The second-order valence-corrected chi connectivity index (χ2v) is 5.51. The largest absolute Gasteiger partial charge is 0.439 e. The minimum Gasteiger partial charge on any atom is -0.439 e. The quantitative estimate of drug-likeness (QED) is 0.810. The highest BCUT2D eigenvalue weighted by Gasteiger charge is 2.24. The topological polar surface area (TPSA) is 55.3 Å². The standard InChI is InChI=1S/C15H21N3O/c1-2-7-18(9-11-3-4-11)10-15-17-13-8-12(16)5-6-14(13)19-15/h5-6,8,11H,2-4,7,9-10,16H2,1H3. The van der Waals surface area contributed by atoms with Crippen molar-refractivity contribution in [1.82, 2.24) is 9.88 Å². The SMILES string of the molecule is CCCN(Cc1nc2cc(N)ccc2o1)CC1CC1. The Balaban J connectivity index is 1.74. The van der Waals surface area contributed by atoms with Gasteiger partial charge in [-0.2, -0.15) is 0 Å². The van der Waals surface area contributed by atoms with Gasteiger partial charge >= 0.3 is 0 Å². The van der Waals surface area contributed by atoms with E-state index in [1.807, 2.05) is 18.2 Å². The predicted molar refractivity (Wildman–Crippen MR) is 76.7 cm³/mol. The Kier molecular flexibility index (Phi) is 3.42. The second kappa shape index (κ2) is 5.21. The van der Waals surface area contributed by atoms with Crippen LogP contribution in [0.25, 0.3) is 11.1 Å². The van der Waals surface area contributed by atoms with E-state index < -0.39 is 0 Å². The molecular weight excluding hydrogens is 238 g/mol. The fourth-order valence-corrected chi connectivity index (χ4v) is 2.47. The van der Waals surface area contributed by atoms with Gasteiger partial charge in [-0.1, -0.05) is 6.92 Å². The summed E-state index contributed by atoms with van der Waals surface area (Å²) in [6, 6.07) is 5.62. The number of rotatable bonds is 6. The summed E-state index contributed by atoms with van der Waals surface area (Å²) in [5, 5.41) is 0. The van der Waals surface area contributed by atoms with E-state index in [-0.39, 0.29) is 0 Å². The number of hydrogen-bond acceptors (Lipinski definition) is 4. The van der Waals surface area contributed by atoms with Crippen LogP contribution in [0, 0.1) is 5.92 Å². The molecule has 4 nitrogen and oxygen atoms in total. The molecule has 0 radical (unpaired) electrons. The van der Waals surface area contributed by atoms with E-state index in [0.29, 0.717) is 0 Å². The molecule has 0 aliphatic heterocycles. The number of nitrogen functional groups attached to an aromatic ring is 1. The van der Waals surface area contributed by atoms with E-state index in [1.165, 1.54) is 25.8 Å². The molecule has 1 heterocycles. The maximum absolute atomic E-state index is 5.79. The molecule has 1 aromatic carbocycles. The van der Waals surface area contributed by atoms with Crippen LogP contribution in [0.15, 0.2) is 22.6 Å². The molecule has 1 aliphatic rings. The molecule has 19 heavy (non-hydrogen) atoms. The van der Waals surface area contributed by atoms with Gasteiger partial charge in [0.2, 0.25) is 5.89 Å². The van der Waals surface area contributed by atoms with Crippen LogP contribution in [0.5, 0.6) is 0 Å². The molecule has 0 unspecified atom stereocenters. The molecule has 0 amide bonds. The van der Waals surface area contributed by atoms with E-state index in [9.17, 15) is 0 Å². The Labute approximate surface area is 113 Å².